The highest BCUT2D eigenvalue weighted by molar-refractivity contribution is 7.75. The third-order valence-corrected chi connectivity index (χ3v) is 1.36. The van der Waals surface area contributed by atoms with Crippen LogP contribution in [0.15, 0.2) is 4.42 Å². The van der Waals surface area contributed by atoms with Crippen LogP contribution in [0, 0.1) is 6.92 Å². The van der Waals surface area contributed by atoms with Crippen LogP contribution in [0.5, 0.6) is 0 Å². The van der Waals surface area contributed by atoms with E-state index in [0.717, 1.165) is 0 Å². The maximum Gasteiger partial charge on any atom is 0.246 e. The second kappa shape index (κ2) is 3.03. The SMILES string of the molecule is Cc1nnc(C(C)OS)o1. The molecule has 56 valence electrons. The van der Waals surface area contributed by atoms with E-state index in [9.17, 15) is 0 Å². The molecule has 0 aliphatic rings. The fraction of sp³-hybridized carbons (Fsp3) is 0.600. The van der Waals surface area contributed by atoms with Crippen LogP contribution < -0.4 is 0 Å². The number of aryl methyl sites for hydroxylation is 1. The standard InChI is InChI=1S/C5H8N2O2S/c1-3(9-10)5-7-6-4(2)8-5/h3,10H,1-2H3. The topological polar surface area (TPSA) is 48.2 Å². The van der Waals surface area contributed by atoms with Crippen molar-refractivity contribution in [3.63, 3.8) is 0 Å². The monoisotopic (exact) mass is 160 g/mol. The lowest BCUT2D eigenvalue weighted by atomic mass is 10.4. The minimum absolute atomic E-state index is 0.246. The second-order valence-corrected chi connectivity index (χ2v) is 2.12. The molecule has 10 heavy (non-hydrogen) atoms. The van der Waals surface area contributed by atoms with Crippen LogP contribution in [0.1, 0.15) is 24.8 Å². The fourth-order valence-electron chi connectivity index (χ4n) is 0.521. The van der Waals surface area contributed by atoms with Crippen molar-refractivity contribution in [1.82, 2.24) is 10.2 Å². The molecular weight excluding hydrogens is 152 g/mol. The van der Waals surface area contributed by atoms with Gasteiger partial charge >= 0.3 is 0 Å². The van der Waals surface area contributed by atoms with E-state index in [-0.39, 0.29) is 6.10 Å². The molecule has 0 aromatic carbocycles. The minimum Gasteiger partial charge on any atom is -0.423 e. The van der Waals surface area contributed by atoms with Gasteiger partial charge in [0, 0.05) is 6.92 Å². The summed E-state index contributed by atoms with van der Waals surface area (Å²) in [5.41, 5.74) is 0. The molecule has 0 amide bonds. The first-order valence-electron chi connectivity index (χ1n) is 2.84. The van der Waals surface area contributed by atoms with Gasteiger partial charge in [-0.15, -0.1) is 10.2 Å². The molecule has 4 nitrogen and oxygen atoms in total. The lowest BCUT2D eigenvalue weighted by Crippen LogP contribution is -1.91. The van der Waals surface area contributed by atoms with Crippen LogP contribution in [0.2, 0.25) is 0 Å². The number of nitrogens with zero attached hydrogens (tertiary/aromatic N) is 2. The van der Waals surface area contributed by atoms with Crippen molar-refractivity contribution in [2.24, 2.45) is 0 Å². The zero-order valence-corrected chi connectivity index (χ0v) is 6.63. The Morgan fingerprint density at radius 1 is 1.60 bits per heavy atom. The molecule has 1 aromatic rings. The number of thiol groups is 1. The van der Waals surface area contributed by atoms with Crippen LogP contribution in [-0.2, 0) is 4.18 Å². The molecule has 1 rings (SSSR count). The molecule has 1 aromatic heterocycles. The van der Waals surface area contributed by atoms with Crippen molar-refractivity contribution in [3.8, 4) is 0 Å². The average Bonchev–Trinajstić information content (AvgIpc) is 2.34. The van der Waals surface area contributed by atoms with Crippen molar-refractivity contribution in [3.05, 3.63) is 11.8 Å². The maximum absolute atomic E-state index is 5.04. The summed E-state index contributed by atoms with van der Waals surface area (Å²) in [5.74, 6) is 0.986. The smallest absolute Gasteiger partial charge is 0.246 e. The predicted molar refractivity (Wildman–Crippen MR) is 37.5 cm³/mol. The Labute approximate surface area is 64.2 Å². The summed E-state index contributed by atoms with van der Waals surface area (Å²) in [4.78, 5) is 0. The van der Waals surface area contributed by atoms with Crippen molar-refractivity contribution >= 4 is 12.9 Å². The fourth-order valence-corrected chi connectivity index (χ4v) is 0.611. The van der Waals surface area contributed by atoms with E-state index in [0.29, 0.717) is 11.8 Å². The zero-order valence-electron chi connectivity index (χ0n) is 5.74. The van der Waals surface area contributed by atoms with E-state index in [1.54, 1.807) is 13.8 Å². The normalized spacial score (nSPS) is 13.5. The van der Waals surface area contributed by atoms with Crippen molar-refractivity contribution in [2.45, 2.75) is 20.0 Å². The molecule has 0 bridgehead atoms. The number of hydrogen-bond donors (Lipinski definition) is 1. The highest BCUT2D eigenvalue weighted by Gasteiger charge is 2.10. The largest absolute Gasteiger partial charge is 0.423 e. The van der Waals surface area contributed by atoms with E-state index < -0.39 is 0 Å². The van der Waals surface area contributed by atoms with Crippen molar-refractivity contribution in [2.75, 3.05) is 0 Å². The molecule has 0 radical (unpaired) electrons. The molecule has 1 unspecified atom stereocenters. The molecule has 0 saturated heterocycles. The van der Waals surface area contributed by atoms with Crippen LogP contribution in [-0.4, -0.2) is 10.2 Å². The Morgan fingerprint density at radius 2 is 2.30 bits per heavy atom. The Kier molecular flexibility index (Phi) is 2.29. The summed E-state index contributed by atoms with van der Waals surface area (Å²) in [5, 5.41) is 7.35. The van der Waals surface area contributed by atoms with Gasteiger partial charge in [-0.3, -0.25) is 0 Å². The van der Waals surface area contributed by atoms with Gasteiger partial charge in [-0.1, -0.05) is 0 Å². The molecule has 0 aliphatic carbocycles. The van der Waals surface area contributed by atoms with Crippen molar-refractivity contribution < 1.29 is 8.60 Å². The molecule has 0 saturated carbocycles. The van der Waals surface area contributed by atoms with Crippen LogP contribution in [0.4, 0.5) is 0 Å². The minimum atomic E-state index is -0.246. The lowest BCUT2D eigenvalue weighted by molar-refractivity contribution is 0.226. The number of hydrogen-bond acceptors (Lipinski definition) is 5. The summed E-state index contributed by atoms with van der Waals surface area (Å²) >= 11 is 3.61. The van der Waals surface area contributed by atoms with Crippen LogP contribution in [0.3, 0.4) is 0 Å². The number of aromatic nitrogens is 2. The van der Waals surface area contributed by atoms with Crippen LogP contribution >= 0.6 is 12.9 Å². The molecule has 0 N–H and O–H groups in total. The van der Waals surface area contributed by atoms with Gasteiger partial charge < -0.3 is 8.60 Å². The van der Waals surface area contributed by atoms with Gasteiger partial charge in [0.15, 0.2) is 0 Å². The highest BCUT2D eigenvalue weighted by atomic mass is 32.1. The Morgan fingerprint density at radius 3 is 2.70 bits per heavy atom. The molecule has 0 spiro atoms. The quantitative estimate of drug-likeness (QED) is 0.523. The summed E-state index contributed by atoms with van der Waals surface area (Å²) in [6, 6.07) is 0. The van der Waals surface area contributed by atoms with Gasteiger partial charge in [0.05, 0.1) is 0 Å². The van der Waals surface area contributed by atoms with E-state index in [1.807, 2.05) is 0 Å². The first-order chi connectivity index (χ1) is 4.74. The third kappa shape index (κ3) is 1.48. The average molecular weight is 160 g/mol. The van der Waals surface area contributed by atoms with Crippen molar-refractivity contribution in [1.29, 1.82) is 0 Å². The maximum atomic E-state index is 5.04. The Hall–Kier alpha value is -0.550. The van der Waals surface area contributed by atoms with Gasteiger partial charge in [0.25, 0.3) is 0 Å². The molecular formula is C5H8N2O2S. The summed E-state index contributed by atoms with van der Waals surface area (Å²) in [7, 11) is 0. The Bertz CT molecular complexity index is 213. The molecule has 0 aliphatic heterocycles. The van der Waals surface area contributed by atoms with Crippen LogP contribution in [0.25, 0.3) is 0 Å². The summed E-state index contributed by atoms with van der Waals surface area (Å²) in [6.07, 6.45) is -0.246. The number of rotatable bonds is 2. The van der Waals surface area contributed by atoms with E-state index in [1.165, 1.54) is 0 Å². The molecule has 1 atom stereocenters. The van der Waals surface area contributed by atoms with Gasteiger partial charge in [-0.25, -0.2) is 0 Å². The second-order valence-electron chi connectivity index (χ2n) is 1.91. The molecule has 0 fully saturated rings. The van der Waals surface area contributed by atoms with E-state index in [4.69, 9.17) is 4.42 Å². The van der Waals surface area contributed by atoms with Gasteiger partial charge in [-0.2, -0.15) is 0 Å². The van der Waals surface area contributed by atoms with E-state index in [2.05, 4.69) is 27.3 Å². The Balaban J connectivity index is 2.74. The molecule has 5 heteroatoms. The van der Waals surface area contributed by atoms with Gasteiger partial charge in [-0.05, 0) is 19.8 Å². The lowest BCUT2D eigenvalue weighted by Gasteiger charge is -1.99. The first kappa shape index (κ1) is 7.56. The third-order valence-electron chi connectivity index (χ3n) is 1.05. The first-order valence-corrected chi connectivity index (χ1v) is 3.20. The van der Waals surface area contributed by atoms with E-state index >= 15 is 0 Å². The summed E-state index contributed by atoms with van der Waals surface area (Å²) < 4.78 is 9.69. The molecule has 1 heterocycles. The predicted octanol–water partition coefficient (Wildman–Crippen LogP) is 1.30. The van der Waals surface area contributed by atoms with Gasteiger partial charge in [0.1, 0.15) is 6.10 Å². The zero-order chi connectivity index (χ0) is 7.56. The van der Waals surface area contributed by atoms with Gasteiger partial charge in [0.2, 0.25) is 11.8 Å². The summed E-state index contributed by atoms with van der Waals surface area (Å²) in [6.45, 7) is 3.50. The highest BCUT2D eigenvalue weighted by Crippen LogP contribution is 2.15.